The first kappa shape index (κ1) is 17.0. The van der Waals surface area contributed by atoms with E-state index in [-0.39, 0.29) is 30.4 Å². The second-order valence-corrected chi connectivity index (χ2v) is 7.57. The van der Waals surface area contributed by atoms with E-state index < -0.39 is 0 Å². The van der Waals surface area contributed by atoms with Crippen LogP contribution in [0, 0.1) is 24.2 Å². The molecule has 0 spiro atoms. The minimum atomic E-state index is 0. The average molecular weight is 333 g/mol. The van der Waals surface area contributed by atoms with Crippen molar-refractivity contribution < 1.29 is 0 Å². The van der Waals surface area contributed by atoms with Crippen LogP contribution in [0.2, 0.25) is 0 Å². The van der Waals surface area contributed by atoms with E-state index >= 15 is 0 Å². The molecule has 1 aromatic rings. The topological polar surface area (TPSA) is 56.7 Å². The van der Waals surface area contributed by atoms with Crippen molar-refractivity contribution in [3.63, 3.8) is 0 Å². The molecule has 2 N–H and O–H groups in total. The van der Waals surface area contributed by atoms with Crippen LogP contribution in [-0.2, 0) is 5.54 Å². The lowest BCUT2D eigenvalue weighted by Gasteiger charge is -2.63. The Morgan fingerprint density at radius 1 is 1.24 bits per heavy atom. The normalized spacial score (nSPS) is 41.3. The van der Waals surface area contributed by atoms with Gasteiger partial charge in [0.15, 0.2) is 0 Å². The Labute approximate surface area is 139 Å². The number of nitrogens with two attached hydrogens (primary N) is 1. The van der Waals surface area contributed by atoms with E-state index in [1.54, 1.807) is 0 Å². The van der Waals surface area contributed by atoms with E-state index in [2.05, 4.69) is 21.7 Å². The Kier molecular flexibility index (Phi) is 4.38. The summed E-state index contributed by atoms with van der Waals surface area (Å²) < 4.78 is 2.19. The fraction of sp³-hybridized carbons (Fsp3) is 0.867. The van der Waals surface area contributed by atoms with Gasteiger partial charge in [0.25, 0.3) is 0 Å². The smallest absolute Gasteiger partial charge is 0.147 e. The largest absolute Gasteiger partial charge is 0.327 e. The Morgan fingerprint density at radius 2 is 1.86 bits per heavy atom. The predicted molar refractivity (Wildman–Crippen MR) is 88.0 cm³/mol. The molecule has 3 unspecified atom stereocenters. The van der Waals surface area contributed by atoms with Crippen LogP contribution in [0.15, 0.2) is 6.33 Å². The third-order valence-corrected chi connectivity index (χ3v) is 6.13. The maximum atomic E-state index is 6.39. The zero-order chi connectivity index (χ0) is 13.3. The van der Waals surface area contributed by atoms with Gasteiger partial charge in [-0.25, -0.2) is 9.67 Å². The van der Waals surface area contributed by atoms with Crippen LogP contribution in [0.5, 0.6) is 0 Å². The maximum absolute atomic E-state index is 6.39. The van der Waals surface area contributed by atoms with Crippen LogP contribution in [0.3, 0.4) is 0 Å². The van der Waals surface area contributed by atoms with Crippen molar-refractivity contribution in [1.82, 2.24) is 14.8 Å². The Balaban J connectivity index is 0.000000807. The van der Waals surface area contributed by atoms with Crippen molar-refractivity contribution in [2.24, 2.45) is 23.0 Å². The molecule has 0 aromatic carbocycles. The van der Waals surface area contributed by atoms with Crippen LogP contribution in [-0.4, -0.2) is 20.8 Å². The molecule has 0 saturated heterocycles. The Hall–Kier alpha value is -0.320. The lowest BCUT2D eigenvalue weighted by molar-refractivity contribution is -0.114. The molecule has 4 aliphatic carbocycles. The van der Waals surface area contributed by atoms with Crippen molar-refractivity contribution in [3.05, 3.63) is 12.2 Å². The summed E-state index contributed by atoms with van der Waals surface area (Å²) in [7, 11) is 0. The van der Waals surface area contributed by atoms with Crippen molar-refractivity contribution in [2.45, 2.75) is 64.0 Å². The third kappa shape index (κ3) is 2.40. The van der Waals surface area contributed by atoms with Gasteiger partial charge in [-0.15, -0.1) is 24.8 Å². The lowest BCUT2D eigenvalue weighted by Crippen LogP contribution is -2.61. The van der Waals surface area contributed by atoms with Crippen molar-refractivity contribution in [3.8, 4) is 0 Å². The number of rotatable bonds is 2. The lowest BCUT2D eigenvalue weighted by atomic mass is 9.45. The first-order valence-corrected chi connectivity index (χ1v) is 7.66. The number of nitrogens with zero attached hydrogens (tertiary/aromatic N) is 3. The number of aromatic nitrogens is 3. The van der Waals surface area contributed by atoms with Crippen molar-refractivity contribution >= 4 is 24.8 Å². The number of halogens is 2. The summed E-state index contributed by atoms with van der Waals surface area (Å²) in [5, 5.41) is 4.66. The molecule has 4 fully saturated rings. The van der Waals surface area contributed by atoms with Gasteiger partial charge in [0.2, 0.25) is 0 Å². The van der Waals surface area contributed by atoms with Gasteiger partial charge in [-0.05, 0) is 69.6 Å². The molecule has 1 heterocycles. The highest BCUT2D eigenvalue weighted by Gasteiger charge is 2.59. The summed E-state index contributed by atoms with van der Waals surface area (Å²) in [4.78, 5) is 4.36. The van der Waals surface area contributed by atoms with Crippen LogP contribution in [0.1, 0.15) is 51.3 Å². The predicted octanol–water partition coefficient (Wildman–Crippen LogP) is 3.07. The first-order valence-electron chi connectivity index (χ1n) is 7.66. The molecule has 0 radical (unpaired) electrons. The van der Waals surface area contributed by atoms with Gasteiger partial charge >= 0.3 is 0 Å². The molecule has 5 rings (SSSR count). The first-order chi connectivity index (χ1) is 9.01. The highest BCUT2D eigenvalue weighted by Crippen LogP contribution is 2.64. The Bertz CT molecular complexity index is 500. The minimum Gasteiger partial charge on any atom is -0.327 e. The summed E-state index contributed by atoms with van der Waals surface area (Å²) in [6.07, 6.45) is 9.86. The highest BCUT2D eigenvalue weighted by molar-refractivity contribution is 5.85. The van der Waals surface area contributed by atoms with Crippen molar-refractivity contribution in [1.29, 1.82) is 0 Å². The van der Waals surface area contributed by atoms with Gasteiger partial charge < -0.3 is 5.73 Å². The standard InChI is InChI=1S/C15H24N4.2ClH/c1-10(16)14-4-12-3-13(5-14)7-15(6-12,8-14)19-9-17-11(2)18-19;;/h9-10,12-13H,3-8,16H2,1-2H3;2*1H. The second-order valence-electron chi connectivity index (χ2n) is 7.57. The van der Waals surface area contributed by atoms with Crippen LogP contribution in [0.4, 0.5) is 0 Å². The monoisotopic (exact) mass is 332 g/mol. The summed E-state index contributed by atoms with van der Waals surface area (Å²) in [5.74, 6) is 2.61. The van der Waals surface area contributed by atoms with E-state index in [1.807, 2.05) is 13.3 Å². The highest BCUT2D eigenvalue weighted by atomic mass is 35.5. The Morgan fingerprint density at radius 3 is 2.33 bits per heavy atom. The maximum Gasteiger partial charge on any atom is 0.147 e. The molecule has 120 valence electrons. The number of hydrogen-bond acceptors (Lipinski definition) is 3. The zero-order valence-electron chi connectivity index (χ0n) is 12.8. The molecule has 4 saturated carbocycles. The van der Waals surface area contributed by atoms with Gasteiger partial charge in [-0.3, -0.25) is 0 Å². The minimum absolute atomic E-state index is 0. The fourth-order valence-corrected chi connectivity index (χ4v) is 5.66. The molecule has 0 aliphatic heterocycles. The van der Waals surface area contributed by atoms with Gasteiger partial charge in [-0.1, -0.05) is 0 Å². The van der Waals surface area contributed by atoms with Gasteiger partial charge in [0.05, 0.1) is 5.54 Å². The quantitative estimate of drug-likeness (QED) is 0.905. The third-order valence-electron chi connectivity index (χ3n) is 6.13. The fourth-order valence-electron chi connectivity index (χ4n) is 5.66. The second kappa shape index (κ2) is 5.39. The van der Waals surface area contributed by atoms with Gasteiger partial charge in [0, 0.05) is 6.04 Å². The molecule has 6 heteroatoms. The molecule has 4 bridgehead atoms. The summed E-state index contributed by atoms with van der Waals surface area (Å²) >= 11 is 0. The van der Waals surface area contributed by atoms with E-state index in [0.717, 1.165) is 17.7 Å². The summed E-state index contributed by atoms with van der Waals surface area (Å²) in [6.45, 7) is 4.20. The van der Waals surface area contributed by atoms with E-state index in [1.165, 1.54) is 38.5 Å². The van der Waals surface area contributed by atoms with Gasteiger partial charge in [0.1, 0.15) is 12.2 Å². The summed E-state index contributed by atoms with van der Waals surface area (Å²) in [5.41, 5.74) is 6.97. The van der Waals surface area contributed by atoms with E-state index in [9.17, 15) is 0 Å². The molecule has 21 heavy (non-hydrogen) atoms. The van der Waals surface area contributed by atoms with Gasteiger partial charge in [-0.2, -0.15) is 5.10 Å². The molecule has 1 aromatic heterocycles. The number of aryl methyl sites for hydroxylation is 1. The van der Waals surface area contributed by atoms with Crippen LogP contribution < -0.4 is 5.73 Å². The molecule has 3 atom stereocenters. The molecule has 4 nitrogen and oxygen atoms in total. The molecule has 4 aliphatic rings. The molecular weight excluding hydrogens is 307 g/mol. The van der Waals surface area contributed by atoms with Crippen LogP contribution >= 0.6 is 24.8 Å². The molecule has 0 amide bonds. The van der Waals surface area contributed by atoms with E-state index in [4.69, 9.17) is 5.73 Å². The van der Waals surface area contributed by atoms with Crippen LogP contribution in [0.25, 0.3) is 0 Å². The summed E-state index contributed by atoms with van der Waals surface area (Å²) in [6, 6.07) is 0.308. The SMILES string of the molecule is Cc1ncn(C23CC4CC(CC(C(C)N)(C4)C2)C3)n1.Cl.Cl. The zero-order valence-corrected chi connectivity index (χ0v) is 14.4. The number of hydrogen-bond donors (Lipinski definition) is 1. The van der Waals surface area contributed by atoms with Crippen molar-refractivity contribution in [2.75, 3.05) is 0 Å². The average Bonchev–Trinajstić information content (AvgIpc) is 2.74. The molecular formula is C15H26Cl2N4. The van der Waals surface area contributed by atoms with E-state index in [0.29, 0.717) is 11.5 Å².